The van der Waals surface area contributed by atoms with E-state index in [9.17, 15) is 24.8 Å². The molecule has 2 unspecified atom stereocenters. The third-order valence-electron chi connectivity index (χ3n) is 7.32. The average Bonchev–Trinajstić information content (AvgIpc) is 3.27. The van der Waals surface area contributed by atoms with E-state index in [2.05, 4.69) is 10.6 Å². The highest BCUT2D eigenvalue weighted by molar-refractivity contribution is 6.04. The van der Waals surface area contributed by atoms with Crippen LogP contribution in [0.15, 0.2) is 71.1 Å². The molecule has 2 aliphatic heterocycles. The maximum absolute atomic E-state index is 13.9. The zero-order valence-electron chi connectivity index (χ0n) is 25.0. The molecule has 0 spiro atoms. The number of para-hydroxylation sites is 2. The summed E-state index contributed by atoms with van der Waals surface area (Å²) < 4.78 is 16.3. The summed E-state index contributed by atoms with van der Waals surface area (Å²) in [5, 5.41) is 28.6. The molecule has 0 bridgehead atoms. The molecule has 0 fully saturated rings. The van der Waals surface area contributed by atoms with Crippen molar-refractivity contribution in [3.63, 3.8) is 0 Å². The molecule has 2 aromatic rings. The fourth-order valence-electron chi connectivity index (χ4n) is 5.38. The second kappa shape index (κ2) is 13.3. The van der Waals surface area contributed by atoms with E-state index in [0.29, 0.717) is 34.0 Å². The molecule has 2 heterocycles. The molecule has 43 heavy (non-hydrogen) atoms. The van der Waals surface area contributed by atoms with Gasteiger partial charge in [0.1, 0.15) is 12.7 Å². The number of β-amino-alcohol motifs (C(OH)–C–C–N with tert-alkyl or cyclic N) is 1. The number of dihydropyridines is 1. The van der Waals surface area contributed by atoms with Gasteiger partial charge in [0.25, 0.3) is 11.6 Å². The number of methoxy groups -OCH3 is 1. The zero-order chi connectivity index (χ0) is 31.3. The molecule has 0 saturated carbocycles. The first-order valence-corrected chi connectivity index (χ1v) is 14.1. The monoisotopic (exact) mass is 594 g/mol. The number of hydrogen-bond acceptors (Lipinski definition) is 10. The van der Waals surface area contributed by atoms with E-state index in [-0.39, 0.29) is 50.0 Å². The highest BCUT2D eigenvalue weighted by atomic mass is 16.6. The normalized spacial score (nSPS) is 17.4. The summed E-state index contributed by atoms with van der Waals surface area (Å²) in [5.74, 6) is -0.617. The SMILES string of the molecule is CCOC(=O)C1=C(C)NC2=C(C(=O)N(CC(C)(C)NCC(O)COc3ccccc3OC)C2)C1c1cccc([N+](=O)[O-])c1. The van der Waals surface area contributed by atoms with E-state index in [1.807, 2.05) is 26.0 Å². The van der Waals surface area contributed by atoms with Gasteiger partial charge in [-0.05, 0) is 45.4 Å². The second-order valence-electron chi connectivity index (χ2n) is 11.1. The number of nitrogens with one attached hydrogen (secondary N) is 2. The Morgan fingerprint density at radius 2 is 1.95 bits per heavy atom. The van der Waals surface area contributed by atoms with Crippen molar-refractivity contribution in [2.45, 2.75) is 45.3 Å². The van der Waals surface area contributed by atoms with Crippen LogP contribution >= 0.6 is 0 Å². The highest BCUT2D eigenvalue weighted by Gasteiger charge is 2.44. The summed E-state index contributed by atoms with van der Waals surface area (Å²) in [6.45, 7) is 8.20. The lowest BCUT2D eigenvalue weighted by Gasteiger charge is -2.32. The van der Waals surface area contributed by atoms with Crippen LogP contribution in [0.2, 0.25) is 0 Å². The van der Waals surface area contributed by atoms with Gasteiger partial charge in [0.15, 0.2) is 11.5 Å². The van der Waals surface area contributed by atoms with Gasteiger partial charge in [-0.25, -0.2) is 4.79 Å². The van der Waals surface area contributed by atoms with E-state index in [4.69, 9.17) is 14.2 Å². The molecule has 230 valence electrons. The third-order valence-corrected chi connectivity index (χ3v) is 7.32. The van der Waals surface area contributed by atoms with Crippen molar-refractivity contribution in [3.05, 3.63) is 86.7 Å². The Balaban J connectivity index is 1.48. The topological polar surface area (TPSA) is 153 Å². The molecule has 3 N–H and O–H groups in total. The van der Waals surface area contributed by atoms with E-state index < -0.39 is 28.5 Å². The van der Waals surface area contributed by atoms with Crippen molar-refractivity contribution >= 4 is 17.6 Å². The standard InChI is InChI=1S/C31H38N4O8/c1-6-42-30(38)26-19(2)33-23-16-34(29(37)28(23)27(26)20-10-9-11-21(14-20)35(39)40)18-31(3,4)32-15-22(36)17-43-25-13-8-7-12-24(25)41-5/h7-14,22,27,32-33,36H,6,15-18H2,1-5H3. The first-order valence-electron chi connectivity index (χ1n) is 14.1. The first-order chi connectivity index (χ1) is 20.5. The van der Waals surface area contributed by atoms with Crippen molar-refractivity contribution in [2.75, 3.05) is 40.0 Å². The number of nitrogens with zero attached hydrogens (tertiary/aromatic N) is 2. The Hall–Kier alpha value is -4.42. The van der Waals surface area contributed by atoms with Gasteiger partial charge in [-0.15, -0.1) is 0 Å². The molecule has 12 nitrogen and oxygen atoms in total. The number of esters is 1. The van der Waals surface area contributed by atoms with Crippen LogP contribution < -0.4 is 20.1 Å². The number of amides is 1. The van der Waals surface area contributed by atoms with Gasteiger partial charge in [0, 0.05) is 42.2 Å². The van der Waals surface area contributed by atoms with E-state index in [1.54, 1.807) is 50.1 Å². The molecule has 0 saturated heterocycles. The summed E-state index contributed by atoms with van der Waals surface area (Å²) in [6, 6.07) is 13.2. The lowest BCUT2D eigenvalue weighted by molar-refractivity contribution is -0.384. The number of aliphatic hydroxyl groups is 1. The van der Waals surface area contributed by atoms with Crippen LogP contribution in [0.1, 0.15) is 39.2 Å². The number of carbonyl (C=O) groups excluding carboxylic acids is 2. The first kappa shape index (κ1) is 31.5. The van der Waals surface area contributed by atoms with Gasteiger partial charge in [-0.3, -0.25) is 14.9 Å². The molecule has 0 aliphatic carbocycles. The van der Waals surface area contributed by atoms with Gasteiger partial charge in [-0.2, -0.15) is 0 Å². The van der Waals surface area contributed by atoms with E-state index in [1.165, 1.54) is 12.1 Å². The fourth-order valence-corrected chi connectivity index (χ4v) is 5.38. The molecule has 12 heteroatoms. The number of nitro benzene ring substituents is 1. The molecule has 0 radical (unpaired) electrons. The summed E-state index contributed by atoms with van der Waals surface area (Å²) >= 11 is 0. The minimum atomic E-state index is -0.835. The molecule has 1 amide bonds. The van der Waals surface area contributed by atoms with Crippen molar-refractivity contribution in [2.24, 2.45) is 0 Å². The fraction of sp³-hybridized carbons (Fsp3) is 0.419. The van der Waals surface area contributed by atoms with Crippen LogP contribution in [0.5, 0.6) is 11.5 Å². The molecule has 4 rings (SSSR count). The number of aliphatic hydroxyl groups excluding tert-OH is 1. The summed E-state index contributed by atoms with van der Waals surface area (Å²) in [6.07, 6.45) is -0.830. The van der Waals surface area contributed by atoms with Gasteiger partial charge < -0.3 is 34.9 Å². The van der Waals surface area contributed by atoms with Crippen LogP contribution in [-0.4, -0.2) is 78.4 Å². The molecule has 2 aromatic carbocycles. The maximum atomic E-state index is 13.9. The Kier molecular flexibility index (Phi) is 9.72. The van der Waals surface area contributed by atoms with Crippen molar-refractivity contribution in [1.29, 1.82) is 0 Å². The lowest BCUT2D eigenvalue weighted by Crippen LogP contribution is -2.52. The Morgan fingerprint density at radius 3 is 2.63 bits per heavy atom. The molecule has 0 aromatic heterocycles. The van der Waals surface area contributed by atoms with Gasteiger partial charge in [0.2, 0.25) is 0 Å². The molecular formula is C31H38N4O8. The van der Waals surface area contributed by atoms with Crippen LogP contribution in [-0.2, 0) is 14.3 Å². The zero-order valence-corrected chi connectivity index (χ0v) is 25.0. The van der Waals surface area contributed by atoms with Gasteiger partial charge in [-0.1, -0.05) is 24.3 Å². The number of ether oxygens (including phenoxy) is 3. The van der Waals surface area contributed by atoms with Gasteiger partial charge in [0.05, 0.1) is 42.2 Å². The molecule has 2 aliphatic rings. The van der Waals surface area contributed by atoms with E-state index >= 15 is 0 Å². The van der Waals surface area contributed by atoms with Crippen molar-refractivity contribution in [1.82, 2.24) is 15.5 Å². The van der Waals surface area contributed by atoms with Crippen molar-refractivity contribution < 1.29 is 33.8 Å². The van der Waals surface area contributed by atoms with E-state index in [0.717, 1.165) is 0 Å². The Labute approximate surface area is 250 Å². The Bertz CT molecular complexity index is 1450. The summed E-state index contributed by atoms with van der Waals surface area (Å²) in [7, 11) is 1.55. The average molecular weight is 595 g/mol. The van der Waals surface area contributed by atoms with Crippen LogP contribution in [0.25, 0.3) is 0 Å². The minimum absolute atomic E-state index is 0.0400. The minimum Gasteiger partial charge on any atom is -0.493 e. The largest absolute Gasteiger partial charge is 0.493 e. The predicted octanol–water partition coefficient (Wildman–Crippen LogP) is 3.03. The smallest absolute Gasteiger partial charge is 0.336 e. The lowest BCUT2D eigenvalue weighted by atomic mass is 9.80. The van der Waals surface area contributed by atoms with Crippen LogP contribution in [0.3, 0.4) is 0 Å². The van der Waals surface area contributed by atoms with Crippen LogP contribution in [0.4, 0.5) is 5.69 Å². The predicted molar refractivity (Wildman–Crippen MR) is 158 cm³/mol. The van der Waals surface area contributed by atoms with Crippen molar-refractivity contribution in [3.8, 4) is 11.5 Å². The van der Waals surface area contributed by atoms with Crippen LogP contribution in [0, 0.1) is 10.1 Å². The maximum Gasteiger partial charge on any atom is 0.336 e. The number of rotatable bonds is 13. The highest BCUT2D eigenvalue weighted by Crippen LogP contribution is 2.43. The third kappa shape index (κ3) is 7.15. The summed E-state index contributed by atoms with van der Waals surface area (Å²) in [5.41, 5.74) is 1.47. The number of nitro groups is 1. The van der Waals surface area contributed by atoms with Gasteiger partial charge >= 0.3 is 5.97 Å². The molecular weight excluding hydrogens is 556 g/mol. The number of carbonyl (C=O) groups is 2. The summed E-state index contributed by atoms with van der Waals surface area (Å²) in [4.78, 5) is 39.7. The molecule has 2 atom stereocenters. The Morgan fingerprint density at radius 1 is 1.23 bits per heavy atom. The number of hydrogen-bond donors (Lipinski definition) is 3. The number of non-ortho nitro benzene ring substituents is 1. The second-order valence-corrected chi connectivity index (χ2v) is 11.1. The quantitative estimate of drug-likeness (QED) is 0.179. The number of allylic oxidation sites excluding steroid dienone is 1. The number of benzene rings is 2.